The molecule has 1 aliphatic heterocycles. The first-order valence-corrected chi connectivity index (χ1v) is 5.21. The number of amides is 3. The Labute approximate surface area is 102 Å². The molecule has 0 bridgehead atoms. The number of carboxylic acid groups (broad SMARTS) is 1. The fourth-order valence-corrected chi connectivity index (χ4v) is 1.43. The van der Waals surface area contributed by atoms with E-state index >= 15 is 0 Å². The number of nitrogens with one attached hydrogen (secondary N) is 3. The third kappa shape index (κ3) is 4.01. The lowest BCUT2D eigenvalue weighted by Gasteiger charge is -2.24. The van der Waals surface area contributed by atoms with Crippen LogP contribution in [0.4, 0.5) is 0 Å². The van der Waals surface area contributed by atoms with Gasteiger partial charge < -0.3 is 21.5 Å². The summed E-state index contributed by atoms with van der Waals surface area (Å²) in [6.07, 6.45) is -0.486. The van der Waals surface area contributed by atoms with Crippen LogP contribution in [0.5, 0.6) is 0 Å². The first kappa shape index (κ1) is 13.9. The van der Waals surface area contributed by atoms with E-state index in [1.165, 1.54) is 0 Å². The van der Waals surface area contributed by atoms with Crippen molar-refractivity contribution in [2.45, 2.75) is 18.5 Å². The van der Waals surface area contributed by atoms with E-state index < -0.39 is 36.3 Å². The van der Waals surface area contributed by atoms with E-state index in [0.29, 0.717) is 0 Å². The first-order valence-electron chi connectivity index (χ1n) is 5.21. The molecule has 1 fully saturated rings. The van der Waals surface area contributed by atoms with Gasteiger partial charge in [-0.25, -0.2) is 4.79 Å². The number of piperazine rings is 1. The predicted octanol–water partition coefficient (Wildman–Crippen LogP) is -3.48. The van der Waals surface area contributed by atoms with Gasteiger partial charge in [-0.15, -0.1) is 0 Å². The number of hydrogen-bond donors (Lipinski definition) is 5. The molecule has 1 aliphatic rings. The molecule has 1 rings (SSSR count). The van der Waals surface area contributed by atoms with Gasteiger partial charge in [0.1, 0.15) is 12.1 Å². The van der Waals surface area contributed by atoms with Crippen molar-refractivity contribution in [3.63, 3.8) is 0 Å². The van der Waals surface area contributed by atoms with E-state index in [2.05, 4.69) is 16.0 Å². The van der Waals surface area contributed by atoms with Crippen LogP contribution in [0.1, 0.15) is 6.42 Å². The van der Waals surface area contributed by atoms with Gasteiger partial charge in [-0.3, -0.25) is 19.7 Å². The SMILES string of the molecule is NC(=O)CC(NC(=O)C1CNC(=O)CN1)C(=O)O. The fraction of sp³-hybridized carbons (Fsp3) is 0.556. The van der Waals surface area contributed by atoms with Crippen LogP contribution in [0.2, 0.25) is 0 Å². The van der Waals surface area contributed by atoms with Crippen LogP contribution in [-0.2, 0) is 19.2 Å². The molecule has 1 saturated heterocycles. The number of aliphatic carboxylic acids is 1. The van der Waals surface area contributed by atoms with Crippen molar-refractivity contribution in [1.29, 1.82) is 0 Å². The maximum absolute atomic E-state index is 11.7. The van der Waals surface area contributed by atoms with Crippen LogP contribution < -0.4 is 21.7 Å². The molecule has 0 aromatic rings. The second-order valence-corrected chi connectivity index (χ2v) is 3.81. The van der Waals surface area contributed by atoms with E-state index in [9.17, 15) is 19.2 Å². The molecule has 9 nitrogen and oxygen atoms in total. The first-order chi connectivity index (χ1) is 8.40. The molecule has 100 valence electrons. The van der Waals surface area contributed by atoms with Crippen LogP contribution in [0.25, 0.3) is 0 Å². The van der Waals surface area contributed by atoms with Crippen molar-refractivity contribution in [3.8, 4) is 0 Å². The van der Waals surface area contributed by atoms with Gasteiger partial charge >= 0.3 is 5.97 Å². The average Bonchev–Trinajstić information content (AvgIpc) is 2.28. The summed E-state index contributed by atoms with van der Waals surface area (Å²) in [6, 6.07) is -2.09. The van der Waals surface area contributed by atoms with Crippen LogP contribution in [0.3, 0.4) is 0 Å². The lowest BCUT2D eigenvalue weighted by atomic mass is 10.1. The highest BCUT2D eigenvalue weighted by Crippen LogP contribution is 1.95. The van der Waals surface area contributed by atoms with E-state index in [1.54, 1.807) is 0 Å². The van der Waals surface area contributed by atoms with Gasteiger partial charge in [0.15, 0.2) is 0 Å². The smallest absolute Gasteiger partial charge is 0.326 e. The van der Waals surface area contributed by atoms with Crippen LogP contribution in [-0.4, -0.2) is 54.0 Å². The summed E-state index contributed by atoms with van der Waals surface area (Å²) in [6.45, 7) is 0.0409. The minimum absolute atomic E-state index is 0.0222. The van der Waals surface area contributed by atoms with Crippen molar-refractivity contribution < 1.29 is 24.3 Å². The highest BCUT2D eigenvalue weighted by atomic mass is 16.4. The van der Waals surface area contributed by atoms with Gasteiger partial charge in [0.2, 0.25) is 17.7 Å². The molecule has 0 saturated carbocycles. The van der Waals surface area contributed by atoms with Gasteiger partial charge in [0.05, 0.1) is 13.0 Å². The van der Waals surface area contributed by atoms with Gasteiger partial charge in [-0.2, -0.15) is 0 Å². The Bertz CT molecular complexity index is 373. The number of carbonyl (C=O) groups is 4. The van der Waals surface area contributed by atoms with Crippen LogP contribution >= 0.6 is 0 Å². The maximum atomic E-state index is 11.7. The third-order valence-corrected chi connectivity index (χ3v) is 2.35. The van der Waals surface area contributed by atoms with Gasteiger partial charge in [0.25, 0.3) is 0 Å². The van der Waals surface area contributed by atoms with Crippen LogP contribution in [0, 0.1) is 0 Å². The molecule has 0 radical (unpaired) electrons. The Morgan fingerprint density at radius 3 is 2.61 bits per heavy atom. The largest absolute Gasteiger partial charge is 0.480 e. The van der Waals surface area contributed by atoms with Gasteiger partial charge in [-0.1, -0.05) is 0 Å². The van der Waals surface area contributed by atoms with Crippen molar-refractivity contribution in [2.24, 2.45) is 5.73 Å². The summed E-state index contributed by atoms with van der Waals surface area (Å²) in [5, 5.41) is 16.1. The number of nitrogens with two attached hydrogens (primary N) is 1. The molecule has 2 atom stereocenters. The average molecular weight is 258 g/mol. The predicted molar refractivity (Wildman–Crippen MR) is 58.2 cm³/mol. The number of primary amides is 1. The maximum Gasteiger partial charge on any atom is 0.326 e. The molecular formula is C9H14N4O5. The lowest BCUT2D eigenvalue weighted by molar-refractivity contribution is -0.143. The van der Waals surface area contributed by atoms with Gasteiger partial charge in [-0.05, 0) is 0 Å². The van der Waals surface area contributed by atoms with E-state index in [4.69, 9.17) is 10.8 Å². The summed E-state index contributed by atoms with van der Waals surface area (Å²) < 4.78 is 0. The van der Waals surface area contributed by atoms with Gasteiger partial charge in [0, 0.05) is 6.54 Å². The molecule has 0 aromatic carbocycles. The quantitative estimate of drug-likeness (QED) is 0.345. The van der Waals surface area contributed by atoms with Crippen molar-refractivity contribution in [2.75, 3.05) is 13.1 Å². The highest BCUT2D eigenvalue weighted by molar-refractivity contribution is 5.91. The Kier molecular flexibility index (Phi) is 4.60. The van der Waals surface area contributed by atoms with E-state index in [-0.39, 0.29) is 19.0 Å². The Balaban J connectivity index is 2.53. The molecule has 3 amide bonds. The lowest BCUT2D eigenvalue weighted by Crippen LogP contribution is -2.60. The zero-order chi connectivity index (χ0) is 13.7. The third-order valence-electron chi connectivity index (χ3n) is 2.35. The summed E-state index contributed by atoms with van der Waals surface area (Å²) >= 11 is 0. The fourth-order valence-electron chi connectivity index (χ4n) is 1.43. The highest BCUT2D eigenvalue weighted by Gasteiger charge is 2.28. The number of rotatable bonds is 5. The molecule has 9 heteroatoms. The van der Waals surface area contributed by atoms with Crippen molar-refractivity contribution in [3.05, 3.63) is 0 Å². The summed E-state index contributed by atoms with van der Waals surface area (Å²) in [4.78, 5) is 43.9. The molecule has 0 aromatic heterocycles. The van der Waals surface area contributed by atoms with E-state index in [0.717, 1.165) is 0 Å². The Morgan fingerprint density at radius 2 is 2.17 bits per heavy atom. The topological polar surface area (TPSA) is 151 Å². The second kappa shape index (κ2) is 5.96. The Hall–Kier alpha value is -2.16. The number of hydrogen-bond acceptors (Lipinski definition) is 5. The number of carboxylic acids is 1. The monoisotopic (exact) mass is 258 g/mol. The standard InChI is InChI=1S/C9H14N4O5/c10-6(14)1-4(9(17)18)13-8(16)5-2-12-7(15)3-11-5/h4-5,11H,1-3H2,(H2,10,14)(H,12,15)(H,13,16)(H,17,18). The summed E-state index contributed by atoms with van der Waals surface area (Å²) in [5.74, 6) is -3.02. The molecule has 0 spiro atoms. The summed E-state index contributed by atoms with van der Waals surface area (Å²) in [7, 11) is 0. The minimum Gasteiger partial charge on any atom is -0.480 e. The van der Waals surface area contributed by atoms with Crippen molar-refractivity contribution >= 4 is 23.7 Å². The molecule has 2 unspecified atom stereocenters. The minimum atomic E-state index is -1.37. The molecule has 6 N–H and O–H groups in total. The molecular weight excluding hydrogens is 244 g/mol. The van der Waals surface area contributed by atoms with Crippen molar-refractivity contribution in [1.82, 2.24) is 16.0 Å². The normalized spacial score (nSPS) is 20.7. The molecule has 0 aliphatic carbocycles. The number of carbonyl (C=O) groups excluding carboxylic acids is 3. The van der Waals surface area contributed by atoms with E-state index in [1.807, 2.05) is 0 Å². The zero-order valence-electron chi connectivity index (χ0n) is 9.43. The molecule has 1 heterocycles. The van der Waals surface area contributed by atoms with Crippen LogP contribution in [0.15, 0.2) is 0 Å². The molecule has 18 heavy (non-hydrogen) atoms. The Morgan fingerprint density at radius 1 is 1.50 bits per heavy atom. The second-order valence-electron chi connectivity index (χ2n) is 3.81. The summed E-state index contributed by atoms with van der Waals surface area (Å²) in [5.41, 5.74) is 4.88. The zero-order valence-corrected chi connectivity index (χ0v) is 9.43.